The molecule has 0 radical (unpaired) electrons. The Bertz CT molecular complexity index is 514. The fourth-order valence-corrected chi connectivity index (χ4v) is 4.53. The SMILES string of the molecule is CC(=O)N1CCCN(C(=O)[C@@H]2CC(=O)N(C3CCCCCC3)C2)CC1. The largest absolute Gasteiger partial charge is 0.341 e. The van der Waals surface area contributed by atoms with Crippen molar-refractivity contribution >= 4 is 17.7 Å². The van der Waals surface area contributed by atoms with Gasteiger partial charge in [0.15, 0.2) is 0 Å². The minimum atomic E-state index is -0.195. The Morgan fingerprint density at radius 3 is 2.20 bits per heavy atom. The van der Waals surface area contributed by atoms with Gasteiger partial charge in [0.1, 0.15) is 0 Å². The second kappa shape index (κ2) is 8.19. The molecule has 2 heterocycles. The number of hydrogen-bond acceptors (Lipinski definition) is 3. The molecular weight excluding hydrogens is 318 g/mol. The molecule has 6 nitrogen and oxygen atoms in total. The Hall–Kier alpha value is -1.59. The Kier molecular flexibility index (Phi) is 5.97. The van der Waals surface area contributed by atoms with Gasteiger partial charge < -0.3 is 14.7 Å². The number of likely N-dealkylation sites (tertiary alicyclic amines) is 1. The van der Waals surface area contributed by atoms with Crippen molar-refractivity contribution in [3.8, 4) is 0 Å². The molecule has 2 aliphatic heterocycles. The smallest absolute Gasteiger partial charge is 0.228 e. The quantitative estimate of drug-likeness (QED) is 0.712. The van der Waals surface area contributed by atoms with Crippen LogP contribution >= 0.6 is 0 Å². The van der Waals surface area contributed by atoms with Crippen LogP contribution in [0.25, 0.3) is 0 Å². The summed E-state index contributed by atoms with van der Waals surface area (Å²) in [6, 6.07) is 0.338. The van der Waals surface area contributed by atoms with Crippen LogP contribution in [0.3, 0.4) is 0 Å². The van der Waals surface area contributed by atoms with Crippen LogP contribution in [0.1, 0.15) is 58.3 Å². The molecule has 0 aromatic carbocycles. The number of carbonyl (C=O) groups excluding carboxylic acids is 3. The van der Waals surface area contributed by atoms with Crippen molar-refractivity contribution in [2.45, 2.75) is 64.3 Å². The maximum Gasteiger partial charge on any atom is 0.228 e. The van der Waals surface area contributed by atoms with Crippen molar-refractivity contribution < 1.29 is 14.4 Å². The third kappa shape index (κ3) is 4.33. The van der Waals surface area contributed by atoms with Gasteiger partial charge in [-0.1, -0.05) is 25.7 Å². The van der Waals surface area contributed by atoms with Gasteiger partial charge in [0.25, 0.3) is 0 Å². The monoisotopic (exact) mass is 349 g/mol. The van der Waals surface area contributed by atoms with E-state index < -0.39 is 0 Å². The summed E-state index contributed by atoms with van der Waals surface area (Å²) in [6.07, 6.45) is 8.28. The van der Waals surface area contributed by atoms with Gasteiger partial charge in [0.05, 0.1) is 5.92 Å². The summed E-state index contributed by atoms with van der Waals surface area (Å²) in [7, 11) is 0. The lowest BCUT2D eigenvalue weighted by atomic mass is 10.1. The van der Waals surface area contributed by atoms with Gasteiger partial charge in [-0.05, 0) is 19.3 Å². The van der Waals surface area contributed by atoms with Crippen molar-refractivity contribution in [2.24, 2.45) is 5.92 Å². The third-order valence-corrected chi connectivity index (χ3v) is 6.03. The molecule has 3 aliphatic rings. The van der Waals surface area contributed by atoms with Crippen molar-refractivity contribution in [1.29, 1.82) is 0 Å². The van der Waals surface area contributed by atoms with Crippen molar-refractivity contribution in [2.75, 3.05) is 32.7 Å². The molecule has 0 bridgehead atoms. The second-order valence-electron chi connectivity index (χ2n) is 7.78. The number of carbonyl (C=O) groups is 3. The molecule has 3 rings (SSSR count). The van der Waals surface area contributed by atoms with Crippen LogP contribution in [0.2, 0.25) is 0 Å². The average Bonchev–Trinajstić information content (AvgIpc) is 2.82. The Morgan fingerprint density at radius 2 is 1.52 bits per heavy atom. The minimum Gasteiger partial charge on any atom is -0.341 e. The van der Waals surface area contributed by atoms with E-state index in [-0.39, 0.29) is 23.6 Å². The first-order chi connectivity index (χ1) is 12.1. The van der Waals surface area contributed by atoms with Crippen LogP contribution in [0.5, 0.6) is 0 Å². The molecule has 6 heteroatoms. The van der Waals surface area contributed by atoms with Crippen LogP contribution in [0.4, 0.5) is 0 Å². The van der Waals surface area contributed by atoms with Gasteiger partial charge in [0, 0.05) is 52.1 Å². The highest BCUT2D eigenvalue weighted by Gasteiger charge is 2.39. The van der Waals surface area contributed by atoms with Gasteiger partial charge >= 0.3 is 0 Å². The Morgan fingerprint density at radius 1 is 0.880 bits per heavy atom. The van der Waals surface area contributed by atoms with E-state index in [9.17, 15) is 14.4 Å². The van der Waals surface area contributed by atoms with Gasteiger partial charge in [0.2, 0.25) is 17.7 Å². The first-order valence-electron chi connectivity index (χ1n) is 9.90. The molecule has 0 aromatic rings. The van der Waals surface area contributed by atoms with Gasteiger partial charge in [-0.2, -0.15) is 0 Å². The topological polar surface area (TPSA) is 60.9 Å². The molecular formula is C19H31N3O3. The minimum absolute atomic E-state index is 0.0740. The normalized spacial score (nSPS) is 26.5. The Balaban J connectivity index is 1.57. The lowest BCUT2D eigenvalue weighted by Crippen LogP contribution is -2.41. The highest BCUT2D eigenvalue weighted by atomic mass is 16.2. The summed E-state index contributed by atoms with van der Waals surface area (Å²) in [5.41, 5.74) is 0. The zero-order valence-corrected chi connectivity index (χ0v) is 15.4. The van der Waals surface area contributed by atoms with E-state index in [1.807, 2.05) is 14.7 Å². The van der Waals surface area contributed by atoms with Gasteiger partial charge in [-0.15, -0.1) is 0 Å². The highest BCUT2D eigenvalue weighted by Crippen LogP contribution is 2.29. The zero-order chi connectivity index (χ0) is 17.8. The molecule has 3 amide bonds. The molecule has 0 aromatic heterocycles. The van der Waals surface area contributed by atoms with E-state index in [1.54, 1.807) is 6.92 Å². The molecule has 1 atom stereocenters. The molecule has 3 fully saturated rings. The molecule has 0 unspecified atom stereocenters. The summed E-state index contributed by atoms with van der Waals surface area (Å²) < 4.78 is 0. The first kappa shape index (κ1) is 18.2. The van der Waals surface area contributed by atoms with Crippen LogP contribution < -0.4 is 0 Å². The molecule has 2 saturated heterocycles. The van der Waals surface area contributed by atoms with E-state index >= 15 is 0 Å². The fraction of sp³-hybridized carbons (Fsp3) is 0.842. The fourth-order valence-electron chi connectivity index (χ4n) is 4.53. The summed E-state index contributed by atoms with van der Waals surface area (Å²) >= 11 is 0. The van der Waals surface area contributed by atoms with E-state index in [0.29, 0.717) is 38.6 Å². The van der Waals surface area contributed by atoms with Crippen LogP contribution in [0, 0.1) is 5.92 Å². The summed E-state index contributed by atoms with van der Waals surface area (Å²) in [5.74, 6) is 0.143. The van der Waals surface area contributed by atoms with E-state index in [4.69, 9.17) is 0 Å². The van der Waals surface area contributed by atoms with Gasteiger partial charge in [-0.3, -0.25) is 14.4 Å². The van der Waals surface area contributed by atoms with E-state index in [1.165, 1.54) is 25.7 Å². The van der Waals surface area contributed by atoms with Gasteiger partial charge in [-0.25, -0.2) is 0 Å². The van der Waals surface area contributed by atoms with Crippen molar-refractivity contribution in [1.82, 2.24) is 14.7 Å². The maximum atomic E-state index is 12.9. The molecule has 25 heavy (non-hydrogen) atoms. The maximum absolute atomic E-state index is 12.9. The molecule has 1 aliphatic carbocycles. The summed E-state index contributed by atoms with van der Waals surface area (Å²) in [5, 5.41) is 0. The summed E-state index contributed by atoms with van der Waals surface area (Å²) in [4.78, 5) is 42.6. The average molecular weight is 349 g/mol. The highest BCUT2D eigenvalue weighted by molar-refractivity contribution is 5.89. The predicted octanol–water partition coefficient (Wildman–Crippen LogP) is 1.64. The molecule has 0 spiro atoms. The predicted molar refractivity (Wildman–Crippen MR) is 94.8 cm³/mol. The first-order valence-corrected chi connectivity index (χ1v) is 9.90. The van der Waals surface area contributed by atoms with E-state index in [0.717, 1.165) is 25.8 Å². The number of rotatable bonds is 2. The lowest BCUT2D eigenvalue weighted by molar-refractivity contribution is -0.136. The summed E-state index contributed by atoms with van der Waals surface area (Å²) in [6.45, 7) is 4.78. The number of amides is 3. The second-order valence-corrected chi connectivity index (χ2v) is 7.78. The van der Waals surface area contributed by atoms with Crippen molar-refractivity contribution in [3.05, 3.63) is 0 Å². The van der Waals surface area contributed by atoms with Crippen LogP contribution in [0.15, 0.2) is 0 Å². The zero-order valence-electron chi connectivity index (χ0n) is 15.4. The number of nitrogens with zero attached hydrogens (tertiary/aromatic N) is 3. The molecule has 0 N–H and O–H groups in total. The lowest BCUT2D eigenvalue weighted by Gasteiger charge is -2.28. The number of hydrogen-bond donors (Lipinski definition) is 0. The van der Waals surface area contributed by atoms with Crippen molar-refractivity contribution in [3.63, 3.8) is 0 Å². The molecule has 1 saturated carbocycles. The standard InChI is InChI=1S/C19H31N3O3/c1-15(23)20-9-6-10-21(12-11-20)19(25)16-13-18(24)22(14-16)17-7-4-2-3-5-8-17/h16-17H,2-14H2,1H3/t16-/m1/s1. The van der Waals surface area contributed by atoms with Crippen LogP contribution in [-0.4, -0.2) is 71.2 Å². The van der Waals surface area contributed by atoms with Crippen LogP contribution in [-0.2, 0) is 14.4 Å². The third-order valence-electron chi connectivity index (χ3n) is 6.03. The Labute approximate surface area is 150 Å². The van der Waals surface area contributed by atoms with E-state index in [2.05, 4.69) is 0 Å². The molecule has 140 valence electrons.